The van der Waals surface area contributed by atoms with Gasteiger partial charge in [0, 0.05) is 0 Å². The summed E-state index contributed by atoms with van der Waals surface area (Å²) in [6.45, 7) is 0. The lowest BCUT2D eigenvalue weighted by Gasteiger charge is -2.06. The Kier molecular flexibility index (Phi) is 3.90. The number of nitrogen functional groups attached to an aromatic ring is 1. The van der Waals surface area contributed by atoms with Crippen LogP contribution in [0.5, 0.6) is 0 Å². The summed E-state index contributed by atoms with van der Waals surface area (Å²) in [7, 11) is -4.38. The molecule has 15 heavy (non-hydrogen) atoms. The Morgan fingerprint density at radius 2 is 2.07 bits per heavy atom. The highest BCUT2D eigenvalue weighted by molar-refractivity contribution is 7.94. The van der Waals surface area contributed by atoms with E-state index in [1.54, 1.807) is 0 Å². The second-order valence-corrected chi connectivity index (χ2v) is 4.50. The van der Waals surface area contributed by atoms with Crippen molar-refractivity contribution in [2.24, 2.45) is 0 Å². The molecule has 0 spiro atoms. The van der Waals surface area contributed by atoms with Crippen LogP contribution in [0.3, 0.4) is 0 Å². The molecule has 0 unspecified atom stereocenters. The van der Waals surface area contributed by atoms with Gasteiger partial charge in [-0.3, -0.25) is 4.55 Å². The summed E-state index contributed by atoms with van der Waals surface area (Å²) in [6, 6.07) is 3.91. The van der Waals surface area contributed by atoms with Crippen LogP contribution in [0.4, 0.5) is 5.69 Å². The zero-order chi connectivity index (χ0) is 11.5. The monoisotopic (exact) mass is 253 g/mol. The van der Waals surface area contributed by atoms with Crippen LogP contribution in [-0.2, 0) is 19.5 Å². The Bertz CT molecular complexity index is 445. The molecule has 7 nitrogen and oxygen atoms in total. The van der Waals surface area contributed by atoms with Gasteiger partial charge in [-0.2, -0.15) is 8.42 Å². The number of anilines is 1. The van der Waals surface area contributed by atoms with Crippen molar-refractivity contribution >= 4 is 27.8 Å². The molecule has 0 amide bonds. The molecule has 0 saturated heterocycles. The van der Waals surface area contributed by atoms with Gasteiger partial charge in [-0.25, -0.2) is 5.26 Å². The Hall–Kier alpha value is -0.840. The van der Waals surface area contributed by atoms with Crippen molar-refractivity contribution < 1.29 is 27.6 Å². The maximum absolute atomic E-state index is 10.8. The quantitative estimate of drug-likeness (QED) is 0.238. The van der Waals surface area contributed by atoms with Gasteiger partial charge >= 0.3 is 0 Å². The second-order valence-electron chi connectivity index (χ2n) is 2.37. The average molecular weight is 253 g/mol. The normalized spacial score (nSPS) is 11.6. The molecule has 0 saturated carbocycles. The van der Waals surface area contributed by atoms with Crippen molar-refractivity contribution in [3.05, 3.63) is 18.2 Å². The average Bonchev–Trinajstić information content (AvgIpc) is 2.14. The second kappa shape index (κ2) is 4.79. The van der Waals surface area contributed by atoms with E-state index in [4.69, 9.17) is 15.5 Å². The molecule has 0 heterocycles. The first-order chi connectivity index (χ1) is 6.96. The first kappa shape index (κ1) is 12.2. The van der Waals surface area contributed by atoms with Gasteiger partial charge in [0.05, 0.1) is 22.6 Å². The molecule has 1 aromatic rings. The summed E-state index contributed by atoms with van der Waals surface area (Å²) in [5, 5.41) is 11.2. The molecular formula is C6H7NO6S2. The lowest BCUT2D eigenvalue weighted by atomic mass is 10.3. The van der Waals surface area contributed by atoms with Gasteiger partial charge in [-0.15, -0.1) is 4.33 Å². The number of benzene rings is 1. The lowest BCUT2D eigenvalue weighted by molar-refractivity contribution is -0.432. The minimum Gasteiger partial charge on any atom is -0.397 e. The van der Waals surface area contributed by atoms with Crippen molar-refractivity contribution in [2.45, 2.75) is 9.79 Å². The zero-order valence-corrected chi connectivity index (χ0v) is 8.79. The van der Waals surface area contributed by atoms with Crippen LogP contribution in [0, 0.1) is 0 Å². The van der Waals surface area contributed by atoms with Gasteiger partial charge < -0.3 is 5.73 Å². The summed E-state index contributed by atoms with van der Waals surface area (Å²) in [5.74, 6) is 0. The standard InChI is InChI=1S/C6H7NO6S2/c7-6-4(14-13-12-8)2-1-3-5(6)15(9,10)11/h1-3,8H,7H2,(H,9,10,11). The predicted molar refractivity (Wildman–Crippen MR) is 51.3 cm³/mol. The van der Waals surface area contributed by atoms with Crippen LogP contribution in [0.25, 0.3) is 0 Å². The summed E-state index contributed by atoms with van der Waals surface area (Å²) in [5.41, 5.74) is 5.24. The summed E-state index contributed by atoms with van der Waals surface area (Å²) in [6.07, 6.45) is 0. The molecule has 1 aromatic carbocycles. The fourth-order valence-electron chi connectivity index (χ4n) is 0.873. The molecule has 0 radical (unpaired) electrons. The van der Waals surface area contributed by atoms with Gasteiger partial charge in [0.25, 0.3) is 10.1 Å². The highest BCUT2D eigenvalue weighted by Gasteiger charge is 2.16. The molecule has 0 fully saturated rings. The minimum absolute atomic E-state index is 0.180. The Labute approximate surface area is 89.6 Å². The van der Waals surface area contributed by atoms with Crippen molar-refractivity contribution in [3.63, 3.8) is 0 Å². The van der Waals surface area contributed by atoms with Crippen LogP contribution in [0.2, 0.25) is 0 Å². The Morgan fingerprint density at radius 3 is 2.60 bits per heavy atom. The molecule has 0 aliphatic carbocycles. The van der Waals surface area contributed by atoms with E-state index in [1.807, 2.05) is 0 Å². The van der Waals surface area contributed by atoms with E-state index in [0.29, 0.717) is 12.0 Å². The van der Waals surface area contributed by atoms with E-state index in [-0.39, 0.29) is 10.6 Å². The van der Waals surface area contributed by atoms with E-state index in [1.165, 1.54) is 12.1 Å². The van der Waals surface area contributed by atoms with Gasteiger partial charge in [-0.1, -0.05) is 11.1 Å². The lowest BCUT2D eigenvalue weighted by Crippen LogP contribution is -2.04. The number of nitrogens with two attached hydrogens (primary N) is 1. The molecular weight excluding hydrogens is 246 g/mol. The van der Waals surface area contributed by atoms with Gasteiger partial charge in [0.1, 0.15) is 4.90 Å². The molecule has 1 rings (SSSR count). The highest BCUT2D eigenvalue weighted by atomic mass is 32.2. The highest BCUT2D eigenvalue weighted by Crippen LogP contribution is 2.30. The van der Waals surface area contributed by atoms with Gasteiger partial charge in [-0.05, 0) is 12.1 Å². The summed E-state index contributed by atoms with van der Waals surface area (Å²) in [4.78, 5) is -0.256. The SMILES string of the molecule is Nc1c(SOOO)cccc1S(=O)(=O)O. The molecule has 0 aliphatic heterocycles. The van der Waals surface area contributed by atoms with Crippen LogP contribution < -0.4 is 5.73 Å². The topological polar surface area (TPSA) is 119 Å². The molecule has 84 valence electrons. The van der Waals surface area contributed by atoms with Crippen molar-refractivity contribution in [2.75, 3.05) is 5.73 Å². The van der Waals surface area contributed by atoms with Gasteiger partial charge in [0.2, 0.25) is 0 Å². The Balaban J connectivity index is 3.12. The van der Waals surface area contributed by atoms with Crippen molar-refractivity contribution in [1.82, 2.24) is 0 Å². The zero-order valence-electron chi connectivity index (χ0n) is 7.15. The first-order valence-corrected chi connectivity index (χ1v) is 5.65. The third kappa shape index (κ3) is 3.06. The first-order valence-electron chi connectivity index (χ1n) is 3.47. The fourth-order valence-corrected chi connectivity index (χ4v) is 2.01. The van der Waals surface area contributed by atoms with Gasteiger partial charge in [0.15, 0.2) is 0 Å². The number of hydrogen-bond acceptors (Lipinski definition) is 7. The maximum Gasteiger partial charge on any atom is 0.296 e. The van der Waals surface area contributed by atoms with E-state index in [9.17, 15) is 8.42 Å². The smallest absolute Gasteiger partial charge is 0.296 e. The third-order valence-electron chi connectivity index (χ3n) is 1.46. The fraction of sp³-hybridized carbons (Fsp3) is 0. The molecule has 0 aromatic heterocycles. The van der Waals surface area contributed by atoms with E-state index in [2.05, 4.69) is 9.37 Å². The molecule has 0 atom stereocenters. The summed E-state index contributed by atoms with van der Waals surface area (Å²) >= 11 is 0.505. The predicted octanol–water partition coefficient (Wildman–Crippen LogP) is 0.944. The number of hydrogen-bond donors (Lipinski definition) is 3. The van der Waals surface area contributed by atoms with E-state index in [0.717, 1.165) is 6.07 Å². The number of para-hydroxylation sites is 1. The van der Waals surface area contributed by atoms with Crippen molar-refractivity contribution in [1.29, 1.82) is 0 Å². The van der Waals surface area contributed by atoms with Crippen molar-refractivity contribution in [3.8, 4) is 0 Å². The van der Waals surface area contributed by atoms with Crippen LogP contribution in [0.1, 0.15) is 0 Å². The molecule has 0 bridgehead atoms. The Morgan fingerprint density at radius 1 is 1.40 bits per heavy atom. The van der Waals surface area contributed by atoms with Crippen LogP contribution in [-0.4, -0.2) is 18.2 Å². The largest absolute Gasteiger partial charge is 0.397 e. The molecule has 9 heteroatoms. The van der Waals surface area contributed by atoms with E-state index >= 15 is 0 Å². The summed E-state index contributed by atoms with van der Waals surface area (Å²) < 4.78 is 34.5. The minimum atomic E-state index is -4.38. The van der Waals surface area contributed by atoms with E-state index < -0.39 is 15.0 Å². The number of rotatable bonds is 4. The van der Waals surface area contributed by atoms with Crippen LogP contribution >= 0.6 is 12.0 Å². The molecule has 0 aliphatic rings. The maximum atomic E-state index is 10.8. The third-order valence-corrected chi connectivity index (χ3v) is 3.03. The van der Waals surface area contributed by atoms with Crippen LogP contribution in [0.15, 0.2) is 28.0 Å². The molecule has 4 N–H and O–H groups in total.